The quantitative estimate of drug-likeness (QED) is 0.588. The Labute approximate surface area is 105 Å². The molecule has 0 bridgehead atoms. The van der Waals surface area contributed by atoms with Crippen LogP contribution in [0.4, 0.5) is 15.8 Å². The summed E-state index contributed by atoms with van der Waals surface area (Å²) in [7, 11) is 1.20. The summed E-state index contributed by atoms with van der Waals surface area (Å²) in [6, 6.07) is 2.25. The zero-order chi connectivity index (χ0) is 13.5. The monoisotopic (exact) mass is 256 g/mol. The van der Waals surface area contributed by atoms with Crippen molar-refractivity contribution in [2.75, 3.05) is 31.8 Å². The maximum atomic E-state index is 12.9. The van der Waals surface area contributed by atoms with Crippen LogP contribution in [0.2, 0.25) is 0 Å². The van der Waals surface area contributed by atoms with E-state index in [1.54, 1.807) is 0 Å². The SMILES string of the molecule is C1CCOC1.COC(=O)c1cc(N)c(N)c(F)c1. The first-order valence-corrected chi connectivity index (χ1v) is 5.56. The van der Waals surface area contributed by atoms with Gasteiger partial charge < -0.3 is 20.9 Å². The molecule has 2 rings (SSSR count). The summed E-state index contributed by atoms with van der Waals surface area (Å²) < 4.78 is 22.3. The third-order valence-corrected chi connectivity index (χ3v) is 2.41. The van der Waals surface area contributed by atoms with E-state index in [0.717, 1.165) is 19.3 Å². The van der Waals surface area contributed by atoms with E-state index in [2.05, 4.69) is 4.74 Å². The molecule has 0 radical (unpaired) electrons. The molecule has 1 aromatic rings. The summed E-state index contributed by atoms with van der Waals surface area (Å²) in [4.78, 5) is 10.9. The highest BCUT2D eigenvalue weighted by atomic mass is 19.1. The van der Waals surface area contributed by atoms with Crippen molar-refractivity contribution >= 4 is 17.3 Å². The second-order valence-corrected chi connectivity index (χ2v) is 3.77. The highest BCUT2D eigenvalue weighted by Crippen LogP contribution is 2.21. The number of anilines is 2. The number of hydrogen-bond acceptors (Lipinski definition) is 5. The maximum absolute atomic E-state index is 12.9. The van der Waals surface area contributed by atoms with Crippen molar-refractivity contribution in [2.24, 2.45) is 0 Å². The van der Waals surface area contributed by atoms with Gasteiger partial charge in [0.25, 0.3) is 0 Å². The summed E-state index contributed by atoms with van der Waals surface area (Å²) in [6.07, 6.45) is 2.56. The van der Waals surface area contributed by atoms with Gasteiger partial charge in [-0.2, -0.15) is 0 Å². The van der Waals surface area contributed by atoms with E-state index in [4.69, 9.17) is 16.2 Å². The number of nitrogen functional groups attached to an aromatic ring is 2. The Morgan fingerprint density at radius 3 is 2.33 bits per heavy atom. The summed E-state index contributed by atoms with van der Waals surface area (Å²) in [5.74, 6) is -1.37. The molecular formula is C12H17FN2O3. The normalized spacial score (nSPS) is 13.7. The highest BCUT2D eigenvalue weighted by molar-refractivity contribution is 5.91. The van der Waals surface area contributed by atoms with Crippen molar-refractivity contribution in [3.63, 3.8) is 0 Å². The fourth-order valence-corrected chi connectivity index (χ4v) is 1.39. The van der Waals surface area contributed by atoms with Crippen molar-refractivity contribution in [3.8, 4) is 0 Å². The number of nitrogens with two attached hydrogens (primary N) is 2. The largest absolute Gasteiger partial charge is 0.465 e. The smallest absolute Gasteiger partial charge is 0.338 e. The van der Waals surface area contributed by atoms with Crippen LogP contribution in [-0.2, 0) is 9.47 Å². The molecule has 0 aromatic heterocycles. The second-order valence-electron chi connectivity index (χ2n) is 3.77. The van der Waals surface area contributed by atoms with Crippen LogP contribution in [0, 0.1) is 5.82 Å². The number of methoxy groups -OCH3 is 1. The first-order valence-electron chi connectivity index (χ1n) is 5.56. The lowest BCUT2D eigenvalue weighted by Gasteiger charge is -2.04. The van der Waals surface area contributed by atoms with Gasteiger partial charge in [0.2, 0.25) is 0 Å². The zero-order valence-corrected chi connectivity index (χ0v) is 10.2. The predicted octanol–water partition coefficient (Wildman–Crippen LogP) is 1.57. The first-order chi connectivity index (χ1) is 8.56. The lowest BCUT2D eigenvalue weighted by Crippen LogP contribution is -2.05. The van der Waals surface area contributed by atoms with Gasteiger partial charge >= 0.3 is 5.97 Å². The summed E-state index contributed by atoms with van der Waals surface area (Å²) in [5, 5.41) is 0. The van der Waals surface area contributed by atoms with Crippen molar-refractivity contribution in [1.82, 2.24) is 0 Å². The molecule has 1 heterocycles. The highest BCUT2D eigenvalue weighted by Gasteiger charge is 2.11. The molecule has 0 atom stereocenters. The third-order valence-electron chi connectivity index (χ3n) is 2.41. The average molecular weight is 256 g/mol. The van der Waals surface area contributed by atoms with Crippen molar-refractivity contribution in [3.05, 3.63) is 23.5 Å². The van der Waals surface area contributed by atoms with Gasteiger partial charge in [-0.3, -0.25) is 0 Å². The molecule has 0 saturated carbocycles. The minimum atomic E-state index is -0.722. The van der Waals surface area contributed by atoms with Gasteiger partial charge in [-0.05, 0) is 25.0 Å². The van der Waals surface area contributed by atoms with E-state index < -0.39 is 11.8 Å². The fourth-order valence-electron chi connectivity index (χ4n) is 1.39. The van der Waals surface area contributed by atoms with Gasteiger partial charge in [0.1, 0.15) is 5.82 Å². The molecule has 1 aromatic carbocycles. The van der Waals surface area contributed by atoms with Crippen LogP contribution < -0.4 is 11.5 Å². The first kappa shape index (κ1) is 14.2. The van der Waals surface area contributed by atoms with Gasteiger partial charge in [-0.1, -0.05) is 0 Å². The molecule has 0 spiro atoms. The molecule has 0 aliphatic carbocycles. The molecule has 100 valence electrons. The number of ether oxygens (including phenoxy) is 2. The molecule has 5 nitrogen and oxygen atoms in total. The second kappa shape index (κ2) is 6.80. The molecule has 0 amide bonds. The number of hydrogen-bond donors (Lipinski definition) is 2. The number of halogens is 1. The van der Waals surface area contributed by atoms with Gasteiger partial charge in [-0.15, -0.1) is 0 Å². The van der Waals surface area contributed by atoms with Crippen LogP contribution >= 0.6 is 0 Å². The fraction of sp³-hybridized carbons (Fsp3) is 0.417. The van der Waals surface area contributed by atoms with Crippen LogP contribution in [0.15, 0.2) is 12.1 Å². The van der Waals surface area contributed by atoms with Crippen LogP contribution in [0.3, 0.4) is 0 Å². The standard InChI is InChI=1S/C8H9FN2O2.C4H8O/c1-13-8(12)4-2-5(9)7(11)6(10)3-4;1-2-4-5-3-1/h2-3H,10-11H2,1H3;1-4H2. The number of carbonyl (C=O) groups excluding carboxylic acids is 1. The number of benzene rings is 1. The maximum Gasteiger partial charge on any atom is 0.338 e. The number of rotatable bonds is 1. The molecule has 1 aliphatic rings. The molecule has 1 aliphatic heterocycles. The molecule has 18 heavy (non-hydrogen) atoms. The lowest BCUT2D eigenvalue weighted by molar-refractivity contribution is 0.0600. The van der Waals surface area contributed by atoms with Crippen LogP contribution in [-0.4, -0.2) is 26.3 Å². The van der Waals surface area contributed by atoms with E-state index in [-0.39, 0.29) is 16.9 Å². The molecular weight excluding hydrogens is 239 g/mol. The van der Waals surface area contributed by atoms with E-state index >= 15 is 0 Å². The summed E-state index contributed by atoms with van der Waals surface area (Å²) in [5.41, 5.74) is 10.5. The van der Waals surface area contributed by atoms with Crippen LogP contribution in [0.25, 0.3) is 0 Å². The van der Waals surface area contributed by atoms with E-state index in [1.165, 1.54) is 26.0 Å². The van der Waals surface area contributed by atoms with Crippen molar-refractivity contribution < 1.29 is 18.7 Å². The molecule has 4 N–H and O–H groups in total. The molecule has 6 heteroatoms. The minimum absolute atomic E-state index is 0.0281. The topological polar surface area (TPSA) is 87.6 Å². The Bertz CT molecular complexity index is 389. The average Bonchev–Trinajstić information content (AvgIpc) is 2.93. The minimum Gasteiger partial charge on any atom is -0.465 e. The van der Waals surface area contributed by atoms with Crippen LogP contribution in [0.5, 0.6) is 0 Å². The number of carbonyl (C=O) groups is 1. The van der Waals surface area contributed by atoms with E-state index in [0.29, 0.717) is 0 Å². The summed E-state index contributed by atoms with van der Waals surface area (Å²) >= 11 is 0. The van der Waals surface area contributed by atoms with Gasteiger partial charge in [-0.25, -0.2) is 9.18 Å². The Hall–Kier alpha value is -1.82. The Balaban J connectivity index is 0.000000269. The lowest BCUT2D eigenvalue weighted by atomic mass is 10.1. The Morgan fingerprint density at radius 2 is 1.94 bits per heavy atom. The van der Waals surface area contributed by atoms with E-state index in [9.17, 15) is 9.18 Å². The predicted molar refractivity (Wildman–Crippen MR) is 66.6 cm³/mol. The van der Waals surface area contributed by atoms with Crippen molar-refractivity contribution in [2.45, 2.75) is 12.8 Å². The number of esters is 1. The Kier molecular flexibility index (Phi) is 5.38. The van der Waals surface area contributed by atoms with Crippen LogP contribution in [0.1, 0.15) is 23.2 Å². The van der Waals surface area contributed by atoms with E-state index in [1.807, 2.05) is 0 Å². The van der Waals surface area contributed by atoms with Crippen molar-refractivity contribution in [1.29, 1.82) is 0 Å². The third kappa shape index (κ3) is 3.89. The Morgan fingerprint density at radius 1 is 1.33 bits per heavy atom. The molecule has 0 unspecified atom stereocenters. The summed E-state index contributed by atoms with van der Waals surface area (Å²) in [6.45, 7) is 2.00. The molecule has 1 saturated heterocycles. The van der Waals surface area contributed by atoms with Gasteiger partial charge in [0.15, 0.2) is 0 Å². The zero-order valence-electron chi connectivity index (χ0n) is 10.2. The molecule has 1 fully saturated rings. The van der Waals surface area contributed by atoms with Gasteiger partial charge in [0, 0.05) is 13.2 Å². The van der Waals surface area contributed by atoms with Gasteiger partial charge in [0.05, 0.1) is 24.0 Å².